The van der Waals surface area contributed by atoms with Gasteiger partial charge in [-0.2, -0.15) is 0 Å². The Balaban J connectivity index is 2.29. The second kappa shape index (κ2) is 5.16. The number of phenolic OH excluding ortho intramolecular Hbond substituents is 1. The number of carbonyl (C=O) groups is 1. The molecular weight excluding hydrogens is 254 g/mol. The van der Waals surface area contributed by atoms with Crippen LogP contribution in [0.2, 0.25) is 5.02 Å². The molecule has 0 amide bonds. The van der Waals surface area contributed by atoms with E-state index in [0.717, 1.165) is 12.0 Å². The van der Waals surface area contributed by atoms with Crippen LogP contribution in [-0.2, 0) is 11.2 Å². The molecule has 1 aromatic rings. The predicted molar refractivity (Wildman–Crippen MR) is 69.0 cm³/mol. The number of hydrogen-bond donors (Lipinski definition) is 3. The van der Waals surface area contributed by atoms with Gasteiger partial charge in [0, 0.05) is 18.2 Å². The van der Waals surface area contributed by atoms with Crippen molar-refractivity contribution >= 4 is 17.6 Å². The fourth-order valence-electron chi connectivity index (χ4n) is 2.31. The SMILES string of the molecule is CCc1cc(Cl)c(O)c(C2CC(C(=O)O)CN2)c1. The first kappa shape index (κ1) is 13.2. The van der Waals surface area contributed by atoms with Crippen LogP contribution >= 0.6 is 11.6 Å². The van der Waals surface area contributed by atoms with Crippen molar-refractivity contribution < 1.29 is 15.0 Å². The number of aromatic hydroxyl groups is 1. The summed E-state index contributed by atoms with van der Waals surface area (Å²) in [6.07, 6.45) is 1.30. The van der Waals surface area contributed by atoms with E-state index >= 15 is 0 Å². The third kappa shape index (κ3) is 2.44. The Labute approximate surface area is 111 Å². The molecule has 18 heavy (non-hydrogen) atoms. The molecular formula is C13H16ClNO3. The molecule has 0 aromatic heterocycles. The first-order valence-corrected chi connectivity index (χ1v) is 6.38. The monoisotopic (exact) mass is 269 g/mol. The lowest BCUT2D eigenvalue weighted by Crippen LogP contribution is -2.17. The predicted octanol–water partition coefficient (Wildman–Crippen LogP) is 2.34. The average molecular weight is 270 g/mol. The molecule has 98 valence electrons. The van der Waals surface area contributed by atoms with Crippen molar-refractivity contribution in [2.75, 3.05) is 6.54 Å². The molecule has 0 saturated carbocycles. The Hall–Kier alpha value is -1.26. The number of nitrogens with one attached hydrogen (secondary N) is 1. The van der Waals surface area contributed by atoms with E-state index in [2.05, 4.69) is 5.32 Å². The molecule has 0 bridgehead atoms. The van der Waals surface area contributed by atoms with Gasteiger partial charge in [0.1, 0.15) is 5.75 Å². The van der Waals surface area contributed by atoms with Gasteiger partial charge >= 0.3 is 5.97 Å². The highest BCUT2D eigenvalue weighted by atomic mass is 35.5. The standard InChI is InChI=1S/C13H16ClNO3/c1-2-7-3-9(12(16)10(14)4-7)11-5-8(6-15-11)13(17)18/h3-4,8,11,15-16H,2,5-6H2,1H3,(H,17,18). The maximum atomic E-state index is 10.9. The Morgan fingerprint density at radius 3 is 2.83 bits per heavy atom. The van der Waals surface area contributed by atoms with Gasteiger partial charge in [0.05, 0.1) is 10.9 Å². The van der Waals surface area contributed by atoms with Crippen LogP contribution in [0.15, 0.2) is 12.1 Å². The lowest BCUT2D eigenvalue weighted by Gasteiger charge is -2.15. The van der Waals surface area contributed by atoms with Crippen molar-refractivity contribution in [2.45, 2.75) is 25.8 Å². The molecule has 5 heteroatoms. The zero-order valence-corrected chi connectivity index (χ0v) is 10.9. The van der Waals surface area contributed by atoms with Crippen LogP contribution in [0.1, 0.15) is 30.5 Å². The Kier molecular flexibility index (Phi) is 3.78. The van der Waals surface area contributed by atoms with Gasteiger partial charge in [0.15, 0.2) is 0 Å². The molecule has 3 N–H and O–H groups in total. The number of halogens is 1. The molecule has 2 rings (SSSR count). The second-order valence-electron chi connectivity index (χ2n) is 4.60. The largest absolute Gasteiger partial charge is 0.506 e. The van der Waals surface area contributed by atoms with E-state index in [1.54, 1.807) is 6.07 Å². The van der Waals surface area contributed by atoms with E-state index in [1.165, 1.54) is 0 Å². The van der Waals surface area contributed by atoms with Gasteiger partial charge in [0.25, 0.3) is 0 Å². The quantitative estimate of drug-likeness (QED) is 0.788. The average Bonchev–Trinajstić information content (AvgIpc) is 2.82. The number of carboxylic acids is 1. The van der Waals surface area contributed by atoms with E-state index in [4.69, 9.17) is 16.7 Å². The summed E-state index contributed by atoms with van der Waals surface area (Å²) in [5.74, 6) is -1.15. The molecule has 1 aromatic carbocycles. The van der Waals surface area contributed by atoms with E-state index in [1.807, 2.05) is 13.0 Å². The molecule has 1 aliphatic rings. The first-order valence-electron chi connectivity index (χ1n) is 6.00. The molecule has 1 aliphatic heterocycles. The molecule has 1 saturated heterocycles. The normalized spacial score (nSPS) is 23.2. The van der Waals surface area contributed by atoms with Gasteiger partial charge in [-0.25, -0.2) is 0 Å². The van der Waals surface area contributed by atoms with Gasteiger partial charge in [-0.05, 0) is 24.5 Å². The van der Waals surface area contributed by atoms with Crippen LogP contribution in [0.4, 0.5) is 0 Å². The molecule has 0 radical (unpaired) electrons. The summed E-state index contributed by atoms with van der Waals surface area (Å²) < 4.78 is 0. The number of benzene rings is 1. The lowest BCUT2D eigenvalue weighted by molar-refractivity contribution is -0.141. The Morgan fingerprint density at radius 1 is 1.56 bits per heavy atom. The third-order valence-electron chi connectivity index (χ3n) is 3.42. The van der Waals surface area contributed by atoms with Gasteiger partial charge in [-0.1, -0.05) is 24.6 Å². The van der Waals surface area contributed by atoms with Crippen LogP contribution in [0.25, 0.3) is 0 Å². The Bertz CT molecular complexity index is 476. The van der Waals surface area contributed by atoms with Crippen LogP contribution in [-0.4, -0.2) is 22.7 Å². The third-order valence-corrected chi connectivity index (χ3v) is 3.70. The minimum atomic E-state index is -0.803. The van der Waals surface area contributed by atoms with Crippen molar-refractivity contribution in [1.82, 2.24) is 5.32 Å². The fraction of sp³-hybridized carbons (Fsp3) is 0.462. The minimum Gasteiger partial charge on any atom is -0.506 e. The van der Waals surface area contributed by atoms with Gasteiger partial charge in [-0.15, -0.1) is 0 Å². The van der Waals surface area contributed by atoms with Gasteiger partial charge in [-0.3, -0.25) is 4.79 Å². The topological polar surface area (TPSA) is 69.6 Å². The van der Waals surface area contributed by atoms with E-state index in [9.17, 15) is 9.90 Å². The maximum absolute atomic E-state index is 10.9. The summed E-state index contributed by atoms with van der Waals surface area (Å²) in [6.45, 7) is 2.43. The van der Waals surface area contributed by atoms with Crippen molar-refractivity contribution in [3.05, 3.63) is 28.3 Å². The summed E-state index contributed by atoms with van der Waals surface area (Å²) in [5.41, 5.74) is 1.73. The number of hydrogen-bond acceptors (Lipinski definition) is 3. The molecule has 0 spiro atoms. The summed E-state index contributed by atoms with van der Waals surface area (Å²) in [6, 6.07) is 3.49. The molecule has 4 nitrogen and oxygen atoms in total. The number of phenols is 1. The van der Waals surface area contributed by atoms with Crippen molar-refractivity contribution in [3.63, 3.8) is 0 Å². The van der Waals surface area contributed by atoms with E-state index < -0.39 is 11.9 Å². The lowest BCUT2D eigenvalue weighted by atomic mass is 9.97. The number of aliphatic carboxylic acids is 1. The highest BCUT2D eigenvalue weighted by Gasteiger charge is 2.32. The van der Waals surface area contributed by atoms with Crippen LogP contribution in [0.3, 0.4) is 0 Å². The van der Waals surface area contributed by atoms with Crippen molar-refractivity contribution in [3.8, 4) is 5.75 Å². The second-order valence-corrected chi connectivity index (χ2v) is 5.01. The van der Waals surface area contributed by atoms with Crippen molar-refractivity contribution in [2.24, 2.45) is 5.92 Å². The van der Waals surface area contributed by atoms with E-state index in [-0.39, 0.29) is 11.8 Å². The summed E-state index contributed by atoms with van der Waals surface area (Å²) in [5, 5.41) is 22.4. The number of carboxylic acid groups (broad SMARTS) is 1. The molecule has 1 heterocycles. The minimum absolute atomic E-state index is 0.0532. The summed E-state index contributed by atoms with van der Waals surface area (Å²) in [7, 11) is 0. The number of rotatable bonds is 3. The zero-order chi connectivity index (χ0) is 13.3. The summed E-state index contributed by atoms with van der Waals surface area (Å²) >= 11 is 5.98. The zero-order valence-electron chi connectivity index (χ0n) is 10.1. The van der Waals surface area contributed by atoms with E-state index in [0.29, 0.717) is 23.6 Å². The van der Waals surface area contributed by atoms with Crippen LogP contribution in [0.5, 0.6) is 5.75 Å². The molecule has 2 unspecified atom stereocenters. The Morgan fingerprint density at radius 2 is 2.28 bits per heavy atom. The van der Waals surface area contributed by atoms with Crippen LogP contribution in [0, 0.1) is 5.92 Å². The van der Waals surface area contributed by atoms with Crippen molar-refractivity contribution in [1.29, 1.82) is 0 Å². The maximum Gasteiger partial charge on any atom is 0.307 e. The summed E-state index contributed by atoms with van der Waals surface area (Å²) in [4.78, 5) is 10.9. The molecule has 1 fully saturated rings. The first-order chi connectivity index (χ1) is 8.52. The molecule has 0 aliphatic carbocycles. The van der Waals surface area contributed by atoms with Gasteiger partial charge in [0.2, 0.25) is 0 Å². The fourth-order valence-corrected chi connectivity index (χ4v) is 2.56. The van der Waals surface area contributed by atoms with Gasteiger partial charge < -0.3 is 15.5 Å². The molecule has 2 atom stereocenters. The highest BCUT2D eigenvalue weighted by molar-refractivity contribution is 6.32. The van der Waals surface area contributed by atoms with Crippen LogP contribution < -0.4 is 5.32 Å². The highest BCUT2D eigenvalue weighted by Crippen LogP contribution is 2.37. The number of aryl methyl sites for hydroxylation is 1. The smallest absolute Gasteiger partial charge is 0.307 e.